The van der Waals surface area contributed by atoms with E-state index in [1.807, 2.05) is 13.0 Å². The van der Waals surface area contributed by atoms with Crippen LogP contribution < -0.4 is 9.47 Å². The quantitative estimate of drug-likeness (QED) is 0.881. The number of aromatic amines is 1. The van der Waals surface area contributed by atoms with Gasteiger partial charge in [-0.2, -0.15) is 0 Å². The number of rotatable bonds is 4. The van der Waals surface area contributed by atoms with Crippen LogP contribution >= 0.6 is 0 Å². The zero-order chi connectivity index (χ0) is 14.0. The molecule has 0 spiro atoms. The minimum Gasteiger partial charge on any atom is -0.497 e. The van der Waals surface area contributed by atoms with Crippen molar-refractivity contribution in [2.24, 2.45) is 0 Å². The van der Waals surface area contributed by atoms with Gasteiger partial charge in [-0.05, 0) is 18.6 Å². The number of carbonyl (C=O) groups is 1. The molecule has 6 heteroatoms. The third-order valence-corrected chi connectivity index (χ3v) is 2.78. The molecule has 2 N–H and O–H groups in total. The molecule has 0 amide bonds. The number of nitrogens with one attached hydrogen (secondary N) is 1. The van der Waals surface area contributed by atoms with E-state index >= 15 is 0 Å². The van der Waals surface area contributed by atoms with Gasteiger partial charge in [0, 0.05) is 11.6 Å². The van der Waals surface area contributed by atoms with E-state index in [2.05, 4.69) is 9.97 Å². The lowest BCUT2D eigenvalue weighted by atomic mass is 10.0. The number of aromatic carboxylic acids is 1. The fourth-order valence-corrected chi connectivity index (χ4v) is 1.90. The van der Waals surface area contributed by atoms with Crippen LogP contribution in [0.25, 0.3) is 11.3 Å². The Hall–Kier alpha value is -2.50. The molecule has 0 unspecified atom stereocenters. The highest BCUT2D eigenvalue weighted by atomic mass is 16.5. The number of carboxylic acids is 1. The van der Waals surface area contributed by atoms with Crippen molar-refractivity contribution in [2.75, 3.05) is 14.2 Å². The molecule has 0 saturated heterocycles. The summed E-state index contributed by atoms with van der Waals surface area (Å²) in [5.74, 6) is 0.0668. The van der Waals surface area contributed by atoms with Crippen molar-refractivity contribution in [3.05, 3.63) is 29.7 Å². The number of carboxylic acid groups (broad SMARTS) is 1. The maximum atomic E-state index is 10.8. The Labute approximate surface area is 110 Å². The normalized spacial score (nSPS) is 10.3. The summed E-state index contributed by atoms with van der Waals surface area (Å²) in [7, 11) is 3.12. The summed E-state index contributed by atoms with van der Waals surface area (Å²) in [6.07, 6.45) is 1.47. The van der Waals surface area contributed by atoms with Crippen molar-refractivity contribution in [3.63, 3.8) is 0 Å². The van der Waals surface area contributed by atoms with Crippen molar-refractivity contribution in [3.8, 4) is 22.8 Å². The maximum absolute atomic E-state index is 10.8. The number of methoxy groups -OCH3 is 2. The summed E-state index contributed by atoms with van der Waals surface area (Å²) in [6.45, 7) is 1.89. The zero-order valence-corrected chi connectivity index (χ0v) is 10.9. The molecular formula is C13H14N2O4. The Balaban J connectivity index is 2.56. The maximum Gasteiger partial charge on any atom is 0.371 e. The molecule has 100 valence electrons. The van der Waals surface area contributed by atoms with E-state index in [4.69, 9.17) is 14.6 Å². The Morgan fingerprint density at radius 1 is 1.32 bits per heavy atom. The summed E-state index contributed by atoms with van der Waals surface area (Å²) < 4.78 is 10.5. The van der Waals surface area contributed by atoms with Crippen molar-refractivity contribution in [1.82, 2.24) is 9.97 Å². The molecule has 1 aromatic carbocycles. The van der Waals surface area contributed by atoms with Gasteiger partial charge in [0.1, 0.15) is 11.5 Å². The van der Waals surface area contributed by atoms with Crippen LogP contribution in [-0.2, 0) is 0 Å². The van der Waals surface area contributed by atoms with Gasteiger partial charge in [-0.25, -0.2) is 9.78 Å². The van der Waals surface area contributed by atoms with Gasteiger partial charge in [-0.1, -0.05) is 0 Å². The van der Waals surface area contributed by atoms with E-state index in [0.29, 0.717) is 17.2 Å². The second kappa shape index (κ2) is 5.01. The highest BCUT2D eigenvalue weighted by Crippen LogP contribution is 2.35. The molecule has 0 radical (unpaired) electrons. The van der Waals surface area contributed by atoms with Gasteiger partial charge in [0.15, 0.2) is 0 Å². The van der Waals surface area contributed by atoms with Gasteiger partial charge in [0.05, 0.1) is 26.1 Å². The molecule has 0 saturated carbocycles. The van der Waals surface area contributed by atoms with Crippen LogP contribution in [0.2, 0.25) is 0 Å². The van der Waals surface area contributed by atoms with E-state index in [-0.39, 0.29) is 5.82 Å². The van der Waals surface area contributed by atoms with Crippen LogP contribution in [0.3, 0.4) is 0 Å². The molecule has 2 rings (SSSR count). The first kappa shape index (κ1) is 12.9. The number of H-pyrrole nitrogens is 1. The van der Waals surface area contributed by atoms with Crippen LogP contribution in [0.4, 0.5) is 0 Å². The Morgan fingerprint density at radius 3 is 2.58 bits per heavy atom. The molecule has 0 aliphatic carbocycles. The summed E-state index contributed by atoms with van der Waals surface area (Å²) in [5.41, 5.74) is 2.26. The molecule has 0 atom stereocenters. The average molecular weight is 262 g/mol. The summed E-state index contributed by atoms with van der Waals surface area (Å²) in [4.78, 5) is 17.4. The number of ether oxygens (including phenoxy) is 2. The van der Waals surface area contributed by atoms with Crippen LogP contribution in [-0.4, -0.2) is 35.3 Å². The van der Waals surface area contributed by atoms with Crippen molar-refractivity contribution in [2.45, 2.75) is 6.92 Å². The third-order valence-electron chi connectivity index (χ3n) is 2.78. The van der Waals surface area contributed by atoms with Gasteiger partial charge in [0.2, 0.25) is 5.82 Å². The second-order valence-electron chi connectivity index (χ2n) is 3.97. The van der Waals surface area contributed by atoms with Crippen molar-refractivity contribution in [1.29, 1.82) is 0 Å². The molecule has 1 heterocycles. The number of imidazole rings is 1. The summed E-state index contributed by atoms with van der Waals surface area (Å²) in [6, 6.07) is 3.59. The van der Waals surface area contributed by atoms with E-state index in [9.17, 15) is 4.79 Å². The smallest absolute Gasteiger partial charge is 0.371 e. The number of benzene rings is 1. The number of hydrogen-bond donors (Lipinski definition) is 2. The SMILES string of the molecule is COc1cc(C)c(-c2cnc(C(=O)O)[nH]2)c(OC)c1. The largest absolute Gasteiger partial charge is 0.497 e. The molecule has 1 aromatic heterocycles. The fourth-order valence-electron chi connectivity index (χ4n) is 1.90. The highest BCUT2D eigenvalue weighted by molar-refractivity contribution is 5.85. The monoisotopic (exact) mass is 262 g/mol. The summed E-state index contributed by atoms with van der Waals surface area (Å²) >= 11 is 0. The van der Waals surface area contributed by atoms with Gasteiger partial charge < -0.3 is 19.6 Å². The van der Waals surface area contributed by atoms with Crippen molar-refractivity contribution < 1.29 is 19.4 Å². The number of nitrogens with zero attached hydrogens (tertiary/aromatic N) is 1. The predicted molar refractivity (Wildman–Crippen MR) is 68.8 cm³/mol. The number of aryl methyl sites for hydroxylation is 1. The van der Waals surface area contributed by atoms with E-state index in [0.717, 1.165) is 11.1 Å². The van der Waals surface area contributed by atoms with Crippen LogP contribution in [0, 0.1) is 6.92 Å². The predicted octanol–water partition coefficient (Wildman–Crippen LogP) is 2.10. The standard InChI is InChI=1S/C13H14N2O4/c1-7-4-8(18-2)5-10(19-3)11(7)9-6-14-12(15-9)13(16)17/h4-6H,1-3H3,(H,14,15)(H,16,17). The fraction of sp³-hybridized carbons (Fsp3) is 0.231. The molecule has 0 fully saturated rings. The van der Waals surface area contributed by atoms with Crippen LogP contribution in [0.5, 0.6) is 11.5 Å². The molecule has 0 bridgehead atoms. The molecular weight excluding hydrogens is 248 g/mol. The highest BCUT2D eigenvalue weighted by Gasteiger charge is 2.16. The van der Waals surface area contributed by atoms with Gasteiger partial charge in [0.25, 0.3) is 0 Å². The first-order chi connectivity index (χ1) is 9.06. The van der Waals surface area contributed by atoms with Gasteiger partial charge in [-0.3, -0.25) is 0 Å². The van der Waals surface area contributed by atoms with Crippen LogP contribution in [0.1, 0.15) is 16.2 Å². The third kappa shape index (κ3) is 2.37. The zero-order valence-electron chi connectivity index (χ0n) is 10.9. The Bertz CT molecular complexity index is 619. The first-order valence-corrected chi connectivity index (χ1v) is 5.58. The van der Waals surface area contributed by atoms with Crippen LogP contribution in [0.15, 0.2) is 18.3 Å². The lowest BCUT2D eigenvalue weighted by Crippen LogP contribution is -1.99. The first-order valence-electron chi connectivity index (χ1n) is 5.58. The Morgan fingerprint density at radius 2 is 2.05 bits per heavy atom. The van der Waals surface area contributed by atoms with E-state index < -0.39 is 5.97 Å². The van der Waals surface area contributed by atoms with E-state index in [1.54, 1.807) is 20.3 Å². The molecule has 2 aromatic rings. The molecule has 6 nitrogen and oxygen atoms in total. The Kier molecular flexibility index (Phi) is 3.41. The summed E-state index contributed by atoms with van der Waals surface area (Å²) in [5, 5.41) is 8.88. The van der Waals surface area contributed by atoms with E-state index in [1.165, 1.54) is 6.20 Å². The minimum atomic E-state index is -1.10. The minimum absolute atomic E-state index is 0.104. The topological polar surface area (TPSA) is 84.4 Å². The second-order valence-corrected chi connectivity index (χ2v) is 3.97. The van der Waals surface area contributed by atoms with Gasteiger partial charge in [-0.15, -0.1) is 0 Å². The molecule has 19 heavy (non-hydrogen) atoms. The average Bonchev–Trinajstić information content (AvgIpc) is 2.86. The lowest BCUT2D eigenvalue weighted by molar-refractivity contribution is 0.0685. The molecule has 0 aliphatic rings. The number of hydrogen-bond acceptors (Lipinski definition) is 4. The molecule has 0 aliphatic heterocycles. The lowest BCUT2D eigenvalue weighted by Gasteiger charge is -2.12. The van der Waals surface area contributed by atoms with Crippen molar-refractivity contribution >= 4 is 5.97 Å². The number of aromatic nitrogens is 2. The van der Waals surface area contributed by atoms with Gasteiger partial charge >= 0.3 is 5.97 Å².